The lowest BCUT2D eigenvalue weighted by Crippen LogP contribution is -2.40. The standard InChI is InChI=1S/C20H25N3O4/c1-14(2)19(13-24)22(11-15-6-4-3-5-7-15)12-17-9-8-16(20(21)25)10-18(17)23(26)27/h3-10,14,19,24H,11-13H2,1-2H3,(H2,21,25). The van der Waals surface area contributed by atoms with Crippen LogP contribution in [0.25, 0.3) is 0 Å². The molecule has 7 heteroatoms. The summed E-state index contributed by atoms with van der Waals surface area (Å²) >= 11 is 0. The molecule has 2 rings (SSSR count). The lowest BCUT2D eigenvalue weighted by atomic mass is 10.0. The zero-order chi connectivity index (χ0) is 20.0. The van der Waals surface area contributed by atoms with Gasteiger partial charge in [-0.3, -0.25) is 19.8 Å². The number of rotatable bonds is 9. The van der Waals surface area contributed by atoms with Gasteiger partial charge in [-0.1, -0.05) is 50.2 Å². The molecule has 27 heavy (non-hydrogen) atoms. The van der Waals surface area contributed by atoms with E-state index >= 15 is 0 Å². The first kappa shape index (κ1) is 20.5. The Morgan fingerprint density at radius 2 is 1.85 bits per heavy atom. The summed E-state index contributed by atoms with van der Waals surface area (Å²) < 4.78 is 0. The summed E-state index contributed by atoms with van der Waals surface area (Å²) in [5, 5.41) is 21.4. The van der Waals surface area contributed by atoms with Crippen molar-refractivity contribution in [3.05, 3.63) is 75.3 Å². The molecule has 0 saturated heterocycles. The largest absolute Gasteiger partial charge is 0.395 e. The van der Waals surface area contributed by atoms with Crippen molar-refractivity contribution >= 4 is 11.6 Å². The van der Waals surface area contributed by atoms with E-state index in [4.69, 9.17) is 5.73 Å². The number of carbonyl (C=O) groups is 1. The number of nitrogens with zero attached hydrogens (tertiary/aromatic N) is 2. The fraction of sp³-hybridized carbons (Fsp3) is 0.350. The maximum absolute atomic E-state index is 11.5. The quantitative estimate of drug-likeness (QED) is 0.520. The van der Waals surface area contributed by atoms with Gasteiger partial charge in [0.2, 0.25) is 5.91 Å². The van der Waals surface area contributed by atoms with E-state index in [0.717, 1.165) is 5.56 Å². The van der Waals surface area contributed by atoms with Crippen molar-refractivity contribution in [1.82, 2.24) is 4.90 Å². The molecule has 2 aromatic rings. The number of nitro groups is 1. The molecule has 0 aliphatic rings. The van der Waals surface area contributed by atoms with Crippen LogP contribution in [0.3, 0.4) is 0 Å². The van der Waals surface area contributed by atoms with Gasteiger partial charge in [0.15, 0.2) is 0 Å². The van der Waals surface area contributed by atoms with E-state index in [1.54, 1.807) is 6.07 Å². The average molecular weight is 371 g/mol. The van der Waals surface area contributed by atoms with Crippen LogP contribution in [0.4, 0.5) is 5.69 Å². The minimum Gasteiger partial charge on any atom is -0.395 e. The molecule has 1 unspecified atom stereocenters. The predicted octanol–water partition coefficient (Wildman–Crippen LogP) is 2.71. The highest BCUT2D eigenvalue weighted by Gasteiger charge is 2.25. The zero-order valence-electron chi connectivity index (χ0n) is 15.5. The van der Waals surface area contributed by atoms with Crippen LogP contribution in [0.1, 0.15) is 35.3 Å². The van der Waals surface area contributed by atoms with Crippen molar-refractivity contribution in [3.8, 4) is 0 Å². The van der Waals surface area contributed by atoms with Crippen LogP contribution in [0.2, 0.25) is 0 Å². The minimum absolute atomic E-state index is 0.0579. The summed E-state index contributed by atoms with van der Waals surface area (Å²) in [7, 11) is 0. The van der Waals surface area contributed by atoms with Crippen LogP contribution in [-0.2, 0) is 13.1 Å². The molecule has 0 aliphatic carbocycles. The average Bonchev–Trinajstić information content (AvgIpc) is 2.62. The molecule has 0 heterocycles. The maximum atomic E-state index is 11.5. The van der Waals surface area contributed by atoms with Crippen LogP contribution in [0, 0.1) is 16.0 Å². The number of carbonyl (C=O) groups excluding carboxylic acids is 1. The zero-order valence-corrected chi connectivity index (χ0v) is 15.5. The van der Waals surface area contributed by atoms with E-state index in [0.29, 0.717) is 12.1 Å². The Labute approximate surface area is 158 Å². The summed E-state index contributed by atoms with van der Waals surface area (Å²) in [6.07, 6.45) is 0. The van der Waals surface area contributed by atoms with Crippen molar-refractivity contribution in [1.29, 1.82) is 0 Å². The molecule has 0 bridgehead atoms. The van der Waals surface area contributed by atoms with Crippen LogP contribution in [0.15, 0.2) is 48.5 Å². The number of hydrogen-bond donors (Lipinski definition) is 2. The molecule has 144 valence electrons. The van der Waals surface area contributed by atoms with Crippen LogP contribution < -0.4 is 5.73 Å². The molecular weight excluding hydrogens is 346 g/mol. The minimum atomic E-state index is -0.707. The first-order chi connectivity index (χ1) is 12.8. The fourth-order valence-electron chi connectivity index (χ4n) is 3.10. The van der Waals surface area contributed by atoms with E-state index in [2.05, 4.69) is 0 Å². The van der Waals surface area contributed by atoms with Gasteiger partial charge in [-0.15, -0.1) is 0 Å². The number of aliphatic hydroxyl groups is 1. The lowest BCUT2D eigenvalue weighted by molar-refractivity contribution is -0.385. The van der Waals surface area contributed by atoms with E-state index in [1.165, 1.54) is 12.1 Å². The van der Waals surface area contributed by atoms with Crippen LogP contribution >= 0.6 is 0 Å². The number of nitrogens with two attached hydrogens (primary N) is 1. The Kier molecular flexibility index (Phi) is 7.04. The summed E-state index contributed by atoms with van der Waals surface area (Å²) in [5.41, 5.74) is 6.71. The third kappa shape index (κ3) is 5.35. The topological polar surface area (TPSA) is 110 Å². The van der Waals surface area contributed by atoms with Gasteiger partial charge >= 0.3 is 0 Å². The van der Waals surface area contributed by atoms with Gasteiger partial charge in [0.25, 0.3) is 5.69 Å². The SMILES string of the molecule is CC(C)C(CO)N(Cc1ccccc1)Cc1ccc(C(N)=O)cc1[N+](=O)[O-]. The molecule has 0 spiro atoms. The second kappa shape index (κ2) is 9.25. The van der Waals surface area contributed by atoms with Crippen molar-refractivity contribution in [2.75, 3.05) is 6.61 Å². The lowest BCUT2D eigenvalue weighted by Gasteiger charge is -2.33. The molecule has 1 amide bonds. The molecule has 1 atom stereocenters. The Bertz CT molecular complexity index is 793. The van der Waals surface area contributed by atoms with Crippen molar-refractivity contribution in [2.45, 2.75) is 33.0 Å². The van der Waals surface area contributed by atoms with Gasteiger partial charge < -0.3 is 10.8 Å². The molecule has 0 fully saturated rings. The molecule has 0 saturated carbocycles. The molecule has 7 nitrogen and oxygen atoms in total. The van der Waals surface area contributed by atoms with Gasteiger partial charge in [-0.2, -0.15) is 0 Å². The molecular formula is C20H25N3O4. The van der Waals surface area contributed by atoms with Gasteiger partial charge in [-0.25, -0.2) is 0 Å². The summed E-state index contributed by atoms with van der Waals surface area (Å²) in [6.45, 7) is 4.76. The molecule has 0 aromatic heterocycles. The van der Waals surface area contributed by atoms with E-state index < -0.39 is 10.8 Å². The van der Waals surface area contributed by atoms with E-state index in [9.17, 15) is 20.0 Å². The Morgan fingerprint density at radius 3 is 2.37 bits per heavy atom. The van der Waals surface area contributed by atoms with E-state index in [1.807, 2.05) is 49.1 Å². The number of aliphatic hydroxyl groups excluding tert-OH is 1. The monoisotopic (exact) mass is 371 g/mol. The third-order valence-electron chi connectivity index (χ3n) is 4.59. The highest BCUT2D eigenvalue weighted by Crippen LogP contribution is 2.25. The second-order valence-corrected chi connectivity index (χ2v) is 6.85. The summed E-state index contributed by atoms with van der Waals surface area (Å²) in [6, 6.07) is 13.8. The Balaban J connectivity index is 2.39. The number of primary amides is 1. The first-order valence-corrected chi connectivity index (χ1v) is 8.79. The Hall–Kier alpha value is -2.77. The van der Waals surface area contributed by atoms with Gasteiger partial charge in [0.05, 0.1) is 11.5 Å². The number of nitro benzene ring substituents is 1. The summed E-state index contributed by atoms with van der Waals surface area (Å²) in [5.74, 6) is -0.552. The fourth-order valence-corrected chi connectivity index (χ4v) is 3.10. The highest BCUT2D eigenvalue weighted by molar-refractivity contribution is 5.93. The number of amides is 1. The van der Waals surface area contributed by atoms with E-state index in [-0.39, 0.29) is 36.4 Å². The van der Waals surface area contributed by atoms with Gasteiger partial charge in [-0.05, 0) is 17.5 Å². The number of hydrogen-bond acceptors (Lipinski definition) is 5. The molecule has 0 aliphatic heterocycles. The third-order valence-corrected chi connectivity index (χ3v) is 4.59. The molecule has 2 aromatic carbocycles. The molecule has 3 N–H and O–H groups in total. The number of benzene rings is 2. The maximum Gasteiger partial charge on any atom is 0.274 e. The highest BCUT2D eigenvalue weighted by atomic mass is 16.6. The smallest absolute Gasteiger partial charge is 0.274 e. The van der Waals surface area contributed by atoms with Crippen molar-refractivity contribution in [2.24, 2.45) is 11.7 Å². The first-order valence-electron chi connectivity index (χ1n) is 8.79. The van der Waals surface area contributed by atoms with Gasteiger partial charge in [0.1, 0.15) is 0 Å². The van der Waals surface area contributed by atoms with Gasteiger partial charge in [0, 0.05) is 36.3 Å². The van der Waals surface area contributed by atoms with Crippen molar-refractivity contribution in [3.63, 3.8) is 0 Å². The van der Waals surface area contributed by atoms with Crippen molar-refractivity contribution < 1.29 is 14.8 Å². The summed E-state index contributed by atoms with van der Waals surface area (Å²) in [4.78, 5) is 24.4. The van der Waals surface area contributed by atoms with Crippen LogP contribution in [0.5, 0.6) is 0 Å². The molecule has 0 radical (unpaired) electrons. The predicted molar refractivity (Wildman–Crippen MR) is 103 cm³/mol. The second-order valence-electron chi connectivity index (χ2n) is 6.85. The normalized spacial score (nSPS) is 12.3. The Morgan fingerprint density at radius 1 is 1.19 bits per heavy atom. The van der Waals surface area contributed by atoms with Crippen LogP contribution in [-0.4, -0.2) is 33.5 Å².